The van der Waals surface area contributed by atoms with Gasteiger partial charge in [-0.15, -0.1) is 0 Å². The van der Waals surface area contributed by atoms with E-state index in [0.29, 0.717) is 25.7 Å². The lowest BCUT2D eigenvalue weighted by Crippen LogP contribution is -2.34. The summed E-state index contributed by atoms with van der Waals surface area (Å²) in [6.45, 7) is 2.12. The molecule has 1 saturated carbocycles. The molecule has 7 N–H and O–H groups in total. The zero-order valence-electron chi connectivity index (χ0n) is 36.8. The number of carboxylic acids is 1. The first-order valence-electron chi connectivity index (χ1n) is 22.1. The van der Waals surface area contributed by atoms with E-state index in [1.165, 1.54) is 0 Å². The van der Waals surface area contributed by atoms with Gasteiger partial charge in [-0.25, -0.2) is 4.57 Å². The third kappa shape index (κ3) is 29.0. The molecule has 0 spiro atoms. The fourth-order valence-corrected chi connectivity index (χ4v) is 7.17. The van der Waals surface area contributed by atoms with Gasteiger partial charge in [-0.2, -0.15) is 0 Å². The van der Waals surface area contributed by atoms with Gasteiger partial charge >= 0.3 is 25.7 Å². The van der Waals surface area contributed by atoms with Crippen molar-refractivity contribution in [1.29, 1.82) is 0 Å². The minimum absolute atomic E-state index is 0.00240. The second kappa shape index (κ2) is 34.9. The summed E-state index contributed by atoms with van der Waals surface area (Å²) >= 11 is 0. The number of unbranched alkanes of at least 4 members (excludes halogenated alkanes) is 4. The predicted molar refractivity (Wildman–Crippen MR) is 237 cm³/mol. The molecular formula is C46H74NO14P. The molecule has 0 aromatic rings. The Hall–Kier alpha value is -3.53. The van der Waals surface area contributed by atoms with E-state index in [1.54, 1.807) is 12.2 Å². The normalized spacial score (nSPS) is 20.8. The van der Waals surface area contributed by atoms with E-state index in [1.807, 2.05) is 12.2 Å². The van der Waals surface area contributed by atoms with Crippen LogP contribution in [0.1, 0.15) is 129 Å². The number of aliphatic hydroxyl groups excluding tert-OH is 3. The van der Waals surface area contributed by atoms with Crippen LogP contribution in [-0.4, -0.2) is 99.3 Å². The lowest BCUT2D eigenvalue weighted by atomic mass is 9.87. The number of allylic oxidation sites excluding steroid dienone is 10. The van der Waals surface area contributed by atoms with Gasteiger partial charge in [-0.1, -0.05) is 106 Å². The molecule has 15 nitrogen and oxygen atoms in total. The summed E-state index contributed by atoms with van der Waals surface area (Å²) in [5, 5.41) is 40.2. The van der Waals surface area contributed by atoms with Gasteiger partial charge in [0.1, 0.15) is 18.4 Å². The smallest absolute Gasteiger partial charge is 0.472 e. The van der Waals surface area contributed by atoms with Crippen molar-refractivity contribution < 1.29 is 67.6 Å². The van der Waals surface area contributed by atoms with Gasteiger partial charge in [0.2, 0.25) is 0 Å². The number of esters is 2. The predicted octanol–water partition coefficient (Wildman–Crippen LogP) is 7.28. The summed E-state index contributed by atoms with van der Waals surface area (Å²) in [6, 6.07) is -1.59. The standard InChI is InChI=1S/C46H74NO14P/c1-3-5-7-8-9-10-11-12-13-14-15-16-17-18-19-20-22-28-45(53)61-38(34-59-62(56,57)60-35-41(47)46(54)55)33-58-44(52)27-24-23-26-37(49)31-40-39(42(50)32-43(40)51)30-29-36(48)25-21-6-4-2/h5,7,9-10,12-13,15-16,18-19,29-30,36,38-43,48,50-51H,3-4,6,8,11,14,17,20-28,31-35,47H2,1-2H3,(H,54,55)(H,56,57)/b7-5-,10-9-,13-12-,16-15-,19-18-,30-29+/t36-,38+,39+,40+,41-,42+,43-/m0/s1. The van der Waals surface area contributed by atoms with Crippen molar-refractivity contribution in [3.8, 4) is 0 Å². The number of ether oxygens (including phenoxy) is 2. The van der Waals surface area contributed by atoms with Crippen LogP contribution in [0, 0.1) is 11.8 Å². The maximum Gasteiger partial charge on any atom is 0.472 e. The first-order valence-corrected chi connectivity index (χ1v) is 23.6. The third-order valence-corrected chi connectivity index (χ3v) is 10.9. The topological polar surface area (TPSA) is 249 Å². The Labute approximate surface area is 368 Å². The quantitative estimate of drug-likeness (QED) is 0.0156. The van der Waals surface area contributed by atoms with Crippen LogP contribution in [0.25, 0.3) is 0 Å². The molecular weight excluding hydrogens is 821 g/mol. The zero-order valence-corrected chi connectivity index (χ0v) is 37.6. The Bertz CT molecular complexity index is 1510. The summed E-state index contributed by atoms with van der Waals surface area (Å²) in [7, 11) is -4.83. The first-order chi connectivity index (χ1) is 29.7. The number of Topliss-reactive ketones (excluding diaryl/α,β-unsaturated/α-hetero) is 1. The number of carboxylic acid groups (broad SMARTS) is 1. The Kier molecular flexibility index (Phi) is 31.8. The second-order valence-electron chi connectivity index (χ2n) is 15.4. The molecule has 0 amide bonds. The average Bonchev–Trinajstić information content (AvgIpc) is 3.49. The minimum atomic E-state index is -4.83. The van der Waals surface area contributed by atoms with Gasteiger partial charge in [0.25, 0.3) is 0 Å². The molecule has 1 fully saturated rings. The maximum atomic E-state index is 12.8. The Morgan fingerprint density at radius 1 is 0.742 bits per heavy atom. The average molecular weight is 896 g/mol. The molecule has 1 aliphatic rings. The molecule has 0 saturated heterocycles. The van der Waals surface area contributed by atoms with Crippen molar-refractivity contribution >= 4 is 31.5 Å². The number of nitrogens with two attached hydrogens (primary N) is 1. The van der Waals surface area contributed by atoms with Gasteiger partial charge in [0, 0.05) is 43.9 Å². The van der Waals surface area contributed by atoms with Gasteiger partial charge in [-0.05, 0) is 64.2 Å². The van der Waals surface area contributed by atoms with Crippen molar-refractivity contribution in [1.82, 2.24) is 0 Å². The molecule has 1 rings (SSSR count). The number of rotatable bonds is 36. The van der Waals surface area contributed by atoms with Gasteiger partial charge in [0.05, 0.1) is 31.5 Å². The Morgan fingerprint density at radius 2 is 1.32 bits per heavy atom. The van der Waals surface area contributed by atoms with Gasteiger partial charge < -0.3 is 40.5 Å². The van der Waals surface area contributed by atoms with Gasteiger partial charge in [0.15, 0.2) is 6.10 Å². The highest BCUT2D eigenvalue weighted by Crippen LogP contribution is 2.43. The number of phosphoric acid groups is 1. The summed E-state index contributed by atoms with van der Waals surface area (Å²) in [6.07, 6.45) is 30.5. The van der Waals surface area contributed by atoms with Crippen molar-refractivity contribution in [3.63, 3.8) is 0 Å². The van der Waals surface area contributed by atoms with Crippen LogP contribution >= 0.6 is 7.82 Å². The molecule has 8 atom stereocenters. The Morgan fingerprint density at radius 3 is 1.94 bits per heavy atom. The molecule has 16 heteroatoms. The van der Waals surface area contributed by atoms with E-state index >= 15 is 0 Å². The van der Waals surface area contributed by atoms with Crippen molar-refractivity contribution in [2.75, 3.05) is 19.8 Å². The number of hydrogen-bond acceptors (Lipinski definition) is 13. The zero-order chi connectivity index (χ0) is 46.0. The Balaban J connectivity index is 2.56. The van der Waals surface area contributed by atoms with Crippen LogP contribution in [0.3, 0.4) is 0 Å². The SMILES string of the molecule is CC/C=C\C/C=C\C/C=C\C/C=C\C/C=C\CCCC(=O)O[C@H](COC(=O)CCCCC(=O)C[C@@H]1[C@@H](/C=C/[C@@H](O)CCCCC)[C@H](O)C[C@@H]1O)COP(=O)(O)OC[C@H](N)C(=O)O. The molecule has 62 heavy (non-hydrogen) atoms. The first kappa shape index (κ1) is 56.5. The molecule has 0 heterocycles. The highest BCUT2D eigenvalue weighted by Gasteiger charge is 2.41. The van der Waals surface area contributed by atoms with Crippen LogP contribution in [0.15, 0.2) is 72.9 Å². The highest BCUT2D eigenvalue weighted by atomic mass is 31.2. The largest absolute Gasteiger partial charge is 0.480 e. The minimum Gasteiger partial charge on any atom is -0.480 e. The van der Waals surface area contributed by atoms with E-state index < -0.39 is 87.8 Å². The van der Waals surface area contributed by atoms with Gasteiger partial charge in [-0.3, -0.25) is 28.2 Å². The van der Waals surface area contributed by atoms with E-state index in [4.69, 9.17) is 24.8 Å². The van der Waals surface area contributed by atoms with Crippen molar-refractivity contribution in [2.45, 2.75) is 160 Å². The van der Waals surface area contributed by atoms with Crippen molar-refractivity contribution in [2.24, 2.45) is 17.6 Å². The second-order valence-corrected chi connectivity index (χ2v) is 16.9. The fourth-order valence-electron chi connectivity index (χ4n) is 6.39. The van der Waals surface area contributed by atoms with Crippen LogP contribution in [0.4, 0.5) is 0 Å². The van der Waals surface area contributed by atoms with Crippen LogP contribution in [0.5, 0.6) is 0 Å². The third-order valence-electron chi connectivity index (χ3n) is 9.92. The fraction of sp³-hybridized carbons (Fsp3) is 0.652. The monoisotopic (exact) mass is 895 g/mol. The summed E-state index contributed by atoms with van der Waals surface area (Å²) in [4.78, 5) is 59.0. The molecule has 352 valence electrons. The molecule has 1 aliphatic carbocycles. The number of ketones is 1. The molecule has 0 radical (unpaired) electrons. The summed E-state index contributed by atoms with van der Waals surface area (Å²) in [5.41, 5.74) is 5.32. The van der Waals surface area contributed by atoms with Crippen LogP contribution < -0.4 is 5.73 Å². The number of aliphatic carboxylic acids is 1. The number of hydrogen-bond donors (Lipinski definition) is 6. The van der Waals surface area contributed by atoms with Crippen molar-refractivity contribution in [3.05, 3.63) is 72.9 Å². The van der Waals surface area contributed by atoms with Crippen LogP contribution in [0.2, 0.25) is 0 Å². The summed E-state index contributed by atoms with van der Waals surface area (Å²) in [5.74, 6) is -3.89. The maximum absolute atomic E-state index is 12.8. The number of phosphoric ester groups is 1. The molecule has 0 aliphatic heterocycles. The molecule has 0 aromatic carbocycles. The summed E-state index contributed by atoms with van der Waals surface area (Å²) < 4.78 is 32.5. The molecule has 0 bridgehead atoms. The van der Waals surface area contributed by atoms with Crippen LogP contribution in [-0.2, 0) is 42.3 Å². The molecule has 0 aromatic heterocycles. The van der Waals surface area contributed by atoms with E-state index in [-0.39, 0.29) is 44.3 Å². The van der Waals surface area contributed by atoms with E-state index in [9.17, 15) is 44.0 Å². The molecule has 1 unspecified atom stereocenters. The lowest BCUT2D eigenvalue weighted by molar-refractivity contribution is -0.161. The van der Waals surface area contributed by atoms with E-state index in [0.717, 1.165) is 51.4 Å². The van der Waals surface area contributed by atoms with E-state index in [2.05, 4.69) is 67.0 Å². The number of carbonyl (C=O) groups is 4. The number of carbonyl (C=O) groups excluding carboxylic acids is 3. The highest BCUT2D eigenvalue weighted by molar-refractivity contribution is 7.47. The lowest BCUT2D eigenvalue weighted by Gasteiger charge is -2.20. The number of aliphatic hydroxyl groups is 3.